The molecule has 1 unspecified atom stereocenters. The number of amidine groups is 1. The molecule has 1 heterocycles. The zero-order chi connectivity index (χ0) is 30.6. The van der Waals surface area contributed by atoms with E-state index in [1.165, 1.54) is 11.8 Å². The summed E-state index contributed by atoms with van der Waals surface area (Å²) in [5.74, 6) is 1.10. The molecule has 0 spiro atoms. The van der Waals surface area contributed by atoms with Crippen molar-refractivity contribution < 1.29 is 28.8 Å². The van der Waals surface area contributed by atoms with Gasteiger partial charge < -0.3 is 35.1 Å². The number of aliphatic carboxylic acids is 1. The number of para-hydroxylation sites is 2. The van der Waals surface area contributed by atoms with Gasteiger partial charge in [0.25, 0.3) is 5.97 Å². The third-order valence-electron chi connectivity index (χ3n) is 5.79. The lowest BCUT2D eigenvalue weighted by atomic mass is 10.0. The monoisotopic (exact) mass is 578 g/mol. The van der Waals surface area contributed by atoms with Crippen molar-refractivity contribution in [2.75, 3.05) is 39.9 Å². The van der Waals surface area contributed by atoms with Gasteiger partial charge in [0.2, 0.25) is 0 Å². The van der Waals surface area contributed by atoms with E-state index in [0.29, 0.717) is 47.5 Å². The van der Waals surface area contributed by atoms with Gasteiger partial charge in [0.15, 0.2) is 17.3 Å². The number of hydrogen-bond acceptors (Lipinski definition) is 9. The molecule has 0 aliphatic rings. The summed E-state index contributed by atoms with van der Waals surface area (Å²) in [6, 6.07) is 19.1. The molecule has 0 amide bonds. The number of carboxylic acids is 1. The number of benzene rings is 3. The number of nitrogens with two attached hydrogens (primary N) is 1. The number of hydrogen-bond donors (Lipinski definition) is 5. The average Bonchev–Trinajstić information content (AvgIpc) is 3.36. The van der Waals surface area contributed by atoms with E-state index < -0.39 is 17.7 Å². The Morgan fingerprint density at radius 2 is 1.69 bits per heavy atom. The topological polar surface area (TPSA) is 187 Å². The number of nitrogen functional groups attached to an aromatic ring is 1. The van der Waals surface area contributed by atoms with Gasteiger partial charge in [-0.15, -0.1) is 5.10 Å². The molecule has 0 fully saturated rings. The van der Waals surface area contributed by atoms with Crippen LogP contribution in [-0.2, 0) is 9.53 Å². The summed E-state index contributed by atoms with van der Waals surface area (Å²) in [6.45, 7) is 1.89. The van der Waals surface area contributed by atoms with Crippen LogP contribution in [0, 0.1) is 5.41 Å². The van der Waals surface area contributed by atoms with Gasteiger partial charge in [-0.25, -0.2) is 4.79 Å². The maximum atomic E-state index is 13.0. The fourth-order valence-electron chi connectivity index (χ4n) is 3.88. The van der Waals surface area contributed by atoms with Crippen LogP contribution in [0.15, 0.2) is 71.5 Å². The Bertz CT molecular complexity index is 1540. The maximum absolute atomic E-state index is 13.0. The second-order valence-electron chi connectivity index (χ2n) is 8.74. The van der Waals surface area contributed by atoms with Gasteiger partial charge >= 0.3 is 5.69 Å². The Morgan fingerprint density at radius 1 is 1.02 bits per heavy atom. The van der Waals surface area contributed by atoms with Gasteiger partial charge in [0, 0.05) is 25.3 Å². The predicted molar refractivity (Wildman–Crippen MR) is 157 cm³/mol. The Kier molecular flexibility index (Phi) is 11.1. The number of anilines is 1. The van der Waals surface area contributed by atoms with Gasteiger partial charge in [-0.1, -0.05) is 18.2 Å². The highest BCUT2D eigenvalue weighted by molar-refractivity contribution is 5.95. The summed E-state index contributed by atoms with van der Waals surface area (Å²) in [5, 5.41) is 23.1. The lowest BCUT2D eigenvalue weighted by molar-refractivity contribution is -0.134. The average molecular weight is 579 g/mol. The number of nitrogens with zero attached hydrogens (tertiary/aromatic N) is 2. The Morgan fingerprint density at radius 3 is 2.31 bits per heavy atom. The van der Waals surface area contributed by atoms with Crippen molar-refractivity contribution in [2.24, 2.45) is 5.73 Å². The first-order chi connectivity index (χ1) is 20.2. The number of nitrogens with one attached hydrogen (secondary N) is 3. The highest BCUT2D eigenvalue weighted by atomic mass is 16.5. The molecule has 0 aliphatic carbocycles. The quantitative estimate of drug-likeness (QED) is 0.0949. The molecule has 0 saturated carbocycles. The molecule has 1 atom stereocenters. The lowest BCUT2D eigenvalue weighted by Crippen LogP contribution is -2.16. The summed E-state index contributed by atoms with van der Waals surface area (Å²) in [7, 11) is 4.70. The molecule has 4 aromatic rings. The first kappa shape index (κ1) is 31.2. The van der Waals surface area contributed by atoms with E-state index in [4.69, 9.17) is 40.0 Å². The SMILES string of the molecule is CC(=O)O.COCCOc1ccc(C(Nc2ccc(C(=N)N)cc2)c2nn(-c3ccccc3OC)c(=O)[nH]2)cc1OC. The standard InChI is InChI=1S/C27H30N6O5.C2H4O2/c1-35-14-15-38-22-13-10-18(16-23(22)37-3)24(30-19-11-8-17(9-12-19)25(28)29)26-31-27(34)33(32-26)20-6-4-5-7-21(20)36-2;1-2(3)4/h4-13,16,24,30H,14-15H2,1-3H3,(H3,28,29)(H,31,32,34);1H3,(H,3,4). The zero-order valence-electron chi connectivity index (χ0n) is 23.7. The van der Waals surface area contributed by atoms with E-state index >= 15 is 0 Å². The molecule has 0 radical (unpaired) electrons. The zero-order valence-corrected chi connectivity index (χ0v) is 23.7. The van der Waals surface area contributed by atoms with Crippen LogP contribution in [0.4, 0.5) is 5.69 Å². The van der Waals surface area contributed by atoms with Crippen LogP contribution in [-0.4, -0.2) is 66.2 Å². The molecule has 1 aromatic heterocycles. The molecule has 0 bridgehead atoms. The van der Waals surface area contributed by atoms with E-state index in [0.717, 1.165) is 18.2 Å². The van der Waals surface area contributed by atoms with Crippen molar-refractivity contribution in [3.05, 3.63) is 94.2 Å². The summed E-state index contributed by atoms with van der Waals surface area (Å²) < 4.78 is 23.1. The van der Waals surface area contributed by atoms with Crippen LogP contribution in [0.2, 0.25) is 0 Å². The molecule has 13 nitrogen and oxygen atoms in total. The van der Waals surface area contributed by atoms with Gasteiger partial charge in [-0.3, -0.25) is 15.2 Å². The van der Waals surface area contributed by atoms with Crippen LogP contribution in [0.1, 0.15) is 29.9 Å². The van der Waals surface area contributed by atoms with Crippen LogP contribution in [0.5, 0.6) is 17.2 Å². The molecular formula is C29H34N6O7. The fraction of sp³-hybridized carbons (Fsp3) is 0.241. The summed E-state index contributed by atoms with van der Waals surface area (Å²) in [5.41, 5.74) is 7.77. The minimum absolute atomic E-state index is 0.0261. The number of carbonyl (C=O) groups is 1. The van der Waals surface area contributed by atoms with Crippen molar-refractivity contribution in [3.63, 3.8) is 0 Å². The maximum Gasteiger partial charge on any atom is 0.348 e. The molecule has 222 valence electrons. The van der Waals surface area contributed by atoms with Crippen molar-refractivity contribution in [1.29, 1.82) is 5.41 Å². The largest absolute Gasteiger partial charge is 0.494 e. The Labute approximate surface area is 242 Å². The predicted octanol–water partition coefficient (Wildman–Crippen LogP) is 3.18. The first-order valence-corrected chi connectivity index (χ1v) is 12.7. The van der Waals surface area contributed by atoms with Gasteiger partial charge in [-0.2, -0.15) is 4.68 Å². The van der Waals surface area contributed by atoms with Crippen LogP contribution >= 0.6 is 0 Å². The van der Waals surface area contributed by atoms with Crippen LogP contribution in [0.3, 0.4) is 0 Å². The number of rotatable bonds is 12. The number of aromatic nitrogens is 3. The van der Waals surface area contributed by atoms with Crippen molar-refractivity contribution in [1.82, 2.24) is 14.8 Å². The molecule has 42 heavy (non-hydrogen) atoms. The van der Waals surface area contributed by atoms with Gasteiger partial charge in [-0.05, 0) is 54.1 Å². The van der Waals surface area contributed by atoms with Crippen LogP contribution < -0.4 is 31.0 Å². The Balaban J connectivity index is 0.00000114. The minimum atomic E-state index is -0.833. The molecular weight excluding hydrogens is 544 g/mol. The minimum Gasteiger partial charge on any atom is -0.494 e. The second-order valence-corrected chi connectivity index (χ2v) is 8.74. The molecule has 6 N–H and O–H groups in total. The summed E-state index contributed by atoms with van der Waals surface area (Å²) in [4.78, 5) is 24.9. The van der Waals surface area contributed by atoms with E-state index in [2.05, 4.69) is 15.4 Å². The molecule has 0 saturated heterocycles. The molecule has 3 aromatic carbocycles. The molecule has 4 rings (SSSR count). The number of ether oxygens (including phenoxy) is 4. The fourth-order valence-corrected chi connectivity index (χ4v) is 3.88. The highest BCUT2D eigenvalue weighted by Gasteiger charge is 2.23. The third kappa shape index (κ3) is 8.11. The van der Waals surface area contributed by atoms with Crippen molar-refractivity contribution in [2.45, 2.75) is 13.0 Å². The van der Waals surface area contributed by atoms with E-state index in [1.54, 1.807) is 62.8 Å². The van der Waals surface area contributed by atoms with Crippen molar-refractivity contribution >= 4 is 17.5 Å². The van der Waals surface area contributed by atoms with Crippen molar-refractivity contribution in [3.8, 4) is 22.9 Å². The highest BCUT2D eigenvalue weighted by Crippen LogP contribution is 2.33. The lowest BCUT2D eigenvalue weighted by Gasteiger charge is -2.20. The van der Waals surface area contributed by atoms with Crippen LogP contribution in [0.25, 0.3) is 5.69 Å². The molecule has 13 heteroatoms. The van der Waals surface area contributed by atoms with Gasteiger partial charge in [0.1, 0.15) is 29.9 Å². The van der Waals surface area contributed by atoms with E-state index in [1.807, 2.05) is 18.2 Å². The number of methoxy groups -OCH3 is 3. The normalized spacial score (nSPS) is 11.0. The summed E-state index contributed by atoms with van der Waals surface area (Å²) >= 11 is 0. The second kappa shape index (κ2) is 14.9. The number of aromatic amines is 1. The molecule has 0 aliphatic heterocycles. The van der Waals surface area contributed by atoms with Gasteiger partial charge in [0.05, 0.1) is 20.8 Å². The third-order valence-corrected chi connectivity index (χ3v) is 5.79. The van der Waals surface area contributed by atoms with E-state index in [9.17, 15) is 4.79 Å². The Hall–Kier alpha value is -5.30. The van der Waals surface area contributed by atoms with E-state index in [-0.39, 0.29) is 5.84 Å². The number of H-pyrrole nitrogens is 1. The summed E-state index contributed by atoms with van der Waals surface area (Å²) in [6.07, 6.45) is 0. The first-order valence-electron chi connectivity index (χ1n) is 12.7. The smallest absolute Gasteiger partial charge is 0.348 e. The number of carboxylic acid groups (broad SMARTS) is 1.